The summed E-state index contributed by atoms with van der Waals surface area (Å²) in [4.78, 5) is 0. The summed E-state index contributed by atoms with van der Waals surface area (Å²) in [5.41, 5.74) is 0. The van der Waals surface area contributed by atoms with Crippen molar-refractivity contribution in [3.05, 3.63) is 0 Å². The molecule has 0 aliphatic carbocycles. The first-order chi connectivity index (χ1) is 5.93. The molecule has 0 spiro atoms. The third-order valence-corrected chi connectivity index (χ3v) is 3.20. The van der Waals surface area contributed by atoms with E-state index in [0.29, 0.717) is 0 Å². The summed E-state index contributed by atoms with van der Waals surface area (Å²) >= 11 is 2.07. The predicted octanol–water partition coefficient (Wildman–Crippen LogP) is 1.89. The highest BCUT2D eigenvalue weighted by Crippen LogP contribution is 2.16. The van der Waals surface area contributed by atoms with Crippen LogP contribution in [0.5, 0.6) is 0 Å². The standard InChI is InChI=1S/C10H17NS/c1-2-3-4-7-11-10-5-8-12-9-6-10/h1,10-11H,3-9H2. The van der Waals surface area contributed by atoms with Crippen molar-refractivity contribution in [3.63, 3.8) is 0 Å². The Morgan fingerprint density at radius 2 is 2.17 bits per heavy atom. The van der Waals surface area contributed by atoms with Crippen molar-refractivity contribution in [2.24, 2.45) is 0 Å². The largest absolute Gasteiger partial charge is 0.314 e. The Bertz CT molecular complexity index is 144. The molecule has 0 aromatic carbocycles. The highest BCUT2D eigenvalue weighted by molar-refractivity contribution is 7.99. The maximum Gasteiger partial charge on any atom is 0.00981 e. The molecule has 1 rings (SSSR count). The molecule has 0 amide bonds. The number of rotatable bonds is 4. The molecule has 0 unspecified atom stereocenters. The minimum Gasteiger partial charge on any atom is -0.314 e. The molecule has 2 heteroatoms. The Hall–Kier alpha value is -0.130. The van der Waals surface area contributed by atoms with Gasteiger partial charge in [-0.3, -0.25) is 0 Å². The maximum atomic E-state index is 5.17. The quantitative estimate of drug-likeness (QED) is 0.527. The van der Waals surface area contributed by atoms with Crippen LogP contribution in [0.25, 0.3) is 0 Å². The number of thioether (sulfide) groups is 1. The average Bonchev–Trinajstić information content (AvgIpc) is 2.14. The molecule has 0 bridgehead atoms. The van der Waals surface area contributed by atoms with Crippen LogP contribution in [-0.4, -0.2) is 24.1 Å². The van der Waals surface area contributed by atoms with E-state index in [1.165, 1.54) is 24.3 Å². The molecule has 12 heavy (non-hydrogen) atoms. The van der Waals surface area contributed by atoms with E-state index in [0.717, 1.165) is 25.4 Å². The second-order valence-electron chi connectivity index (χ2n) is 3.15. The first-order valence-corrected chi connectivity index (χ1v) is 5.83. The lowest BCUT2D eigenvalue weighted by atomic mass is 10.1. The van der Waals surface area contributed by atoms with Crippen LogP contribution in [0, 0.1) is 12.3 Å². The lowest BCUT2D eigenvalue weighted by molar-refractivity contribution is 0.479. The summed E-state index contributed by atoms with van der Waals surface area (Å²) in [5, 5.41) is 3.55. The second-order valence-corrected chi connectivity index (χ2v) is 4.37. The Kier molecular flexibility index (Phi) is 5.30. The topological polar surface area (TPSA) is 12.0 Å². The molecular formula is C10H17NS. The fraction of sp³-hybridized carbons (Fsp3) is 0.800. The summed E-state index contributed by atoms with van der Waals surface area (Å²) in [6.07, 6.45) is 9.87. The van der Waals surface area contributed by atoms with Crippen LogP contribution in [0.1, 0.15) is 25.7 Å². The summed E-state index contributed by atoms with van der Waals surface area (Å²) in [7, 11) is 0. The van der Waals surface area contributed by atoms with Gasteiger partial charge in [0.2, 0.25) is 0 Å². The Morgan fingerprint density at radius 3 is 2.83 bits per heavy atom. The van der Waals surface area contributed by atoms with Crippen molar-refractivity contribution in [3.8, 4) is 12.3 Å². The molecule has 0 atom stereocenters. The Morgan fingerprint density at radius 1 is 1.42 bits per heavy atom. The van der Waals surface area contributed by atoms with E-state index >= 15 is 0 Å². The third kappa shape index (κ3) is 4.04. The molecule has 68 valence electrons. The highest BCUT2D eigenvalue weighted by atomic mass is 32.2. The van der Waals surface area contributed by atoms with Crippen molar-refractivity contribution in [2.45, 2.75) is 31.7 Å². The van der Waals surface area contributed by atoms with Gasteiger partial charge in [-0.15, -0.1) is 12.3 Å². The van der Waals surface area contributed by atoms with Crippen molar-refractivity contribution < 1.29 is 0 Å². The first-order valence-electron chi connectivity index (χ1n) is 4.68. The van der Waals surface area contributed by atoms with Crippen molar-refractivity contribution in [1.29, 1.82) is 0 Å². The fourth-order valence-corrected chi connectivity index (χ4v) is 2.50. The van der Waals surface area contributed by atoms with E-state index in [-0.39, 0.29) is 0 Å². The predicted molar refractivity (Wildman–Crippen MR) is 56.4 cm³/mol. The normalized spacial score (nSPS) is 18.9. The van der Waals surface area contributed by atoms with E-state index in [1.54, 1.807) is 0 Å². The molecule has 0 aromatic rings. The van der Waals surface area contributed by atoms with Crippen LogP contribution in [0.4, 0.5) is 0 Å². The fourth-order valence-electron chi connectivity index (χ4n) is 1.40. The van der Waals surface area contributed by atoms with Crippen LogP contribution in [0.3, 0.4) is 0 Å². The minimum atomic E-state index is 0.768. The van der Waals surface area contributed by atoms with Gasteiger partial charge >= 0.3 is 0 Å². The number of nitrogens with one attached hydrogen (secondary N) is 1. The zero-order valence-electron chi connectivity index (χ0n) is 7.51. The summed E-state index contributed by atoms with van der Waals surface area (Å²) < 4.78 is 0. The molecular weight excluding hydrogens is 166 g/mol. The molecule has 1 aliphatic heterocycles. The monoisotopic (exact) mass is 183 g/mol. The average molecular weight is 183 g/mol. The molecule has 0 saturated carbocycles. The van der Waals surface area contributed by atoms with Crippen molar-refractivity contribution in [2.75, 3.05) is 18.1 Å². The molecule has 1 fully saturated rings. The number of hydrogen-bond acceptors (Lipinski definition) is 2. The summed E-state index contributed by atoms with van der Waals surface area (Å²) in [5.74, 6) is 5.31. The van der Waals surface area contributed by atoms with Gasteiger partial charge in [0, 0.05) is 12.5 Å². The molecule has 1 nitrogen and oxygen atoms in total. The van der Waals surface area contributed by atoms with Gasteiger partial charge in [0.25, 0.3) is 0 Å². The van der Waals surface area contributed by atoms with Crippen LogP contribution in [0.15, 0.2) is 0 Å². The Labute approximate surface area is 79.7 Å². The zero-order valence-corrected chi connectivity index (χ0v) is 8.33. The Balaban J connectivity index is 1.95. The van der Waals surface area contributed by atoms with Crippen LogP contribution < -0.4 is 5.32 Å². The zero-order chi connectivity index (χ0) is 8.65. The van der Waals surface area contributed by atoms with Gasteiger partial charge < -0.3 is 5.32 Å². The van der Waals surface area contributed by atoms with E-state index in [4.69, 9.17) is 6.42 Å². The molecule has 1 N–H and O–H groups in total. The minimum absolute atomic E-state index is 0.768. The molecule has 1 heterocycles. The van der Waals surface area contributed by atoms with Crippen LogP contribution >= 0.6 is 11.8 Å². The lowest BCUT2D eigenvalue weighted by Crippen LogP contribution is -2.33. The van der Waals surface area contributed by atoms with Gasteiger partial charge in [-0.1, -0.05) is 0 Å². The molecule has 1 saturated heterocycles. The van der Waals surface area contributed by atoms with Gasteiger partial charge in [-0.25, -0.2) is 0 Å². The van der Waals surface area contributed by atoms with Gasteiger partial charge in [0.15, 0.2) is 0 Å². The number of unbranched alkanes of at least 4 members (excludes halogenated alkanes) is 1. The smallest absolute Gasteiger partial charge is 0.00981 e. The first kappa shape index (κ1) is 9.95. The molecule has 0 aromatic heterocycles. The summed E-state index contributed by atoms with van der Waals surface area (Å²) in [6.45, 7) is 1.10. The number of terminal acetylenes is 1. The maximum absolute atomic E-state index is 5.17. The van der Waals surface area contributed by atoms with Crippen molar-refractivity contribution >= 4 is 11.8 Å². The molecule has 1 aliphatic rings. The van der Waals surface area contributed by atoms with Crippen molar-refractivity contribution in [1.82, 2.24) is 5.32 Å². The van der Waals surface area contributed by atoms with E-state index in [1.807, 2.05) is 0 Å². The van der Waals surface area contributed by atoms with Gasteiger partial charge in [0.1, 0.15) is 0 Å². The molecule has 0 radical (unpaired) electrons. The SMILES string of the molecule is C#CCCCNC1CCSCC1. The van der Waals surface area contributed by atoms with E-state index in [2.05, 4.69) is 23.0 Å². The highest BCUT2D eigenvalue weighted by Gasteiger charge is 2.11. The van der Waals surface area contributed by atoms with Gasteiger partial charge in [-0.05, 0) is 37.3 Å². The van der Waals surface area contributed by atoms with E-state index in [9.17, 15) is 0 Å². The summed E-state index contributed by atoms with van der Waals surface area (Å²) in [6, 6.07) is 0.768. The third-order valence-electron chi connectivity index (χ3n) is 2.15. The van der Waals surface area contributed by atoms with E-state index < -0.39 is 0 Å². The van der Waals surface area contributed by atoms with Crippen LogP contribution in [0.2, 0.25) is 0 Å². The van der Waals surface area contributed by atoms with Gasteiger partial charge in [-0.2, -0.15) is 11.8 Å². The number of hydrogen-bond donors (Lipinski definition) is 1. The lowest BCUT2D eigenvalue weighted by Gasteiger charge is -2.22. The second kappa shape index (κ2) is 6.39. The van der Waals surface area contributed by atoms with Gasteiger partial charge in [0.05, 0.1) is 0 Å². The van der Waals surface area contributed by atoms with Crippen LogP contribution in [-0.2, 0) is 0 Å².